The Morgan fingerprint density at radius 1 is 1.60 bits per heavy atom. The highest BCUT2D eigenvalue weighted by Gasteiger charge is 2.40. The molecule has 1 aliphatic rings. The number of aliphatic hydroxyl groups is 1. The molecule has 0 amide bonds. The Kier molecular flexibility index (Phi) is 3.72. The molecule has 1 aliphatic heterocycles. The first-order chi connectivity index (χ1) is 6.78. The molecule has 2 atom stereocenters. The number of hydrogen-bond acceptors (Lipinski definition) is 4. The van der Waals surface area contributed by atoms with Gasteiger partial charge in [-0.2, -0.15) is 17.4 Å². The maximum atomic E-state index is 11.4. The van der Waals surface area contributed by atoms with Gasteiger partial charge >= 0.3 is 0 Å². The van der Waals surface area contributed by atoms with E-state index in [2.05, 4.69) is 4.72 Å². The molecule has 0 radical (unpaired) electrons. The van der Waals surface area contributed by atoms with Gasteiger partial charge in [0.05, 0.1) is 6.10 Å². The second-order valence-electron chi connectivity index (χ2n) is 3.98. The third-order valence-electron chi connectivity index (χ3n) is 2.70. The van der Waals surface area contributed by atoms with Crippen LogP contribution in [0.4, 0.5) is 0 Å². The highest BCUT2D eigenvalue weighted by Crippen LogP contribution is 2.24. The Morgan fingerprint density at radius 3 is 2.60 bits per heavy atom. The zero-order chi connectivity index (χ0) is 11.7. The topological polar surface area (TPSA) is 78.9 Å². The van der Waals surface area contributed by atoms with Gasteiger partial charge in [0, 0.05) is 33.7 Å². The summed E-state index contributed by atoms with van der Waals surface area (Å²) in [5.74, 6) is 0. The van der Waals surface area contributed by atoms with Crippen molar-refractivity contribution in [2.45, 2.75) is 25.0 Å². The molecule has 15 heavy (non-hydrogen) atoms. The monoisotopic (exact) mass is 238 g/mol. The molecule has 0 aromatic rings. The van der Waals surface area contributed by atoms with Crippen molar-refractivity contribution < 1.29 is 18.3 Å². The summed E-state index contributed by atoms with van der Waals surface area (Å²) in [7, 11) is -0.616. The third-order valence-corrected chi connectivity index (χ3v) is 4.17. The molecule has 6 nitrogen and oxygen atoms in total. The highest BCUT2D eigenvalue weighted by molar-refractivity contribution is 7.87. The minimum absolute atomic E-state index is 0.0192. The lowest BCUT2D eigenvalue weighted by molar-refractivity contribution is -0.0229. The van der Waals surface area contributed by atoms with Gasteiger partial charge in [0.1, 0.15) is 5.60 Å². The first-order valence-electron chi connectivity index (χ1n) is 4.79. The lowest BCUT2D eigenvalue weighted by Gasteiger charge is -2.26. The Labute approximate surface area is 90.4 Å². The van der Waals surface area contributed by atoms with Gasteiger partial charge in [-0.3, -0.25) is 0 Å². The summed E-state index contributed by atoms with van der Waals surface area (Å²) in [5, 5.41) is 10.0. The maximum absolute atomic E-state index is 11.4. The Balaban J connectivity index is 2.57. The van der Waals surface area contributed by atoms with Crippen molar-refractivity contribution in [3.63, 3.8) is 0 Å². The molecular weight excluding hydrogens is 220 g/mol. The van der Waals surface area contributed by atoms with Gasteiger partial charge in [-0.1, -0.05) is 0 Å². The van der Waals surface area contributed by atoms with E-state index < -0.39 is 15.8 Å². The third kappa shape index (κ3) is 2.88. The predicted molar refractivity (Wildman–Crippen MR) is 55.6 cm³/mol. The Bertz CT molecular complexity index is 317. The standard InChI is InChI=1S/C8H18N2O4S/c1-7-8(11,4-5-14-7)6-9-15(12,13)10(2)3/h7,9,11H,4-6H2,1-3H3. The van der Waals surface area contributed by atoms with Crippen molar-refractivity contribution in [1.29, 1.82) is 0 Å². The fourth-order valence-corrected chi connectivity index (χ4v) is 2.04. The smallest absolute Gasteiger partial charge is 0.279 e. The molecule has 0 aliphatic carbocycles. The predicted octanol–water partition coefficient (Wildman–Crippen LogP) is -1.08. The normalized spacial score (nSPS) is 32.5. The first kappa shape index (κ1) is 12.9. The van der Waals surface area contributed by atoms with Gasteiger partial charge in [-0.05, 0) is 6.92 Å². The highest BCUT2D eigenvalue weighted by atomic mass is 32.2. The van der Waals surface area contributed by atoms with E-state index >= 15 is 0 Å². The largest absolute Gasteiger partial charge is 0.386 e. The van der Waals surface area contributed by atoms with E-state index in [0.717, 1.165) is 4.31 Å². The van der Waals surface area contributed by atoms with E-state index in [-0.39, 0.29) is 12.6 Å². The van der Waals surface area contributed by atoms with E-state index in [1.165, 1.54) is 14.1 Å². The number of nitrogens with one attached hydrogen (secondary N) is 1. The van der Waals surface area contributed by atoms with E-state index in [1.807, 2.05) is 0 Å². The fraction of sp³-hybridized carbons (Fsp3) is 1.00. The summed E-state index contributed by atoms with van der Waals surface area (Å²) in [6.07, 6.45) is 0.103. The zero-order valence-corrected chi connectivity index (χ0v) is 10.0. The van der Waals surface area contributed by atoms with Crippen LogP contribution >= 0.6 is 0 Å². The van der Waals surface area contributed by atoms with Crippen LogP contribution in [0, 0.1) is 0 Å². The van der Waals surface area contributed by atoms with Crippen LogP contribution in [0.3, 0.4) is 0 Å². The first-order valence-corrected chi connectivity index (χ1v) is 6.23. The molecule has 7 heteroatoms. The van der Waals surface area contributed by atoms with Crippen molar-refractivity contribution in [2.75, 3.05) is 27.2 Å². The van der Waals surface area contributed by atoms with Gasteiger partial charge in [-0.25, -0.2) is 0 Å². The van der Waals surface area contributed by atoms with Crippen molar-refractivity contribution in [3.05, 3.63) is 0 Å². The van der Waals surface area contributed by atoms with Crippen LogP contribution < -0.4 is 4.72 Å². The molecule has 2 N–H and O–H groups in total. The van der Waals surface area contributed by atoms with Gasteiger partial charge in [0.25, 0.3) is 10.2 Å². The number of hydrogen-bond donors (Lipinski definition) is 2. The van der Waals surface area contributed by atoms with Crippen LogP contribution in [-0.2, 0) is 14.9 Å². The minimum Gasteiger partial charge on any atom is -0.386 e. The molecule has 1 heterocycles. The summed E-state index contributed by atoms with van der Waals surface area (Å²) in [5.41, 5.74) is -1.09. The average Bonchev–Trinajstić information content (AvgIpc) is 2.45. The zero-order valence-electron chi connectivity index (χ0n) is 9.23. The summed E-state index contributed by atoms with van der Waals surface area (Å²) in [6.45, 7) is 2.17. The van der Waals surface area contributed by atoms with Crippen LogP contribution in [0.1, 0.15) is 13.3 Å². The van der Waals surface area contributed by atoms with Crippen LogP contribution in [-0.4, -0.2) is 56.8 Å². The van der Waals surface area contributed by atoms with Gasteiger partial charge in [0.15, 0.2) is 0 Å². The van der Waals surface area contributed by atoms with Gasteiger partial charge < -0.3 is 9.84 Å². The molecule has 0 spiro atoms. The summed E-state index contributed by atoms with van der Waals surface area (Å²) in [6, 6.07) is 0. The van der Waals surface area contributed by atoms with E-state index in [9.17, 15) is 13.5 Å². The molecular formula is C8H18N2O4S. The van der Waals surface area contributed by atoms with Gasteiger partial charge in [-0.15, -0.1) is 0 Å². The number of rotatable bonds is 4. The second-order valence-corrected chi connectivity index (χ2v) is 5.94. The average molecular weight is 238 g/mol. The molecule has 1 rings (SSSR count). The SMILES string of the molecule is CC1OCCC1(O)CNS(=O)(=O)N(C)C. The molecule has 1 fully saturated rings. The Morgan fingerprint density at radius 2 is 2.20 bits per heavy atom. The Hall–Kier alpha value is -0.210. The summed E-state index contributed by atoms with van der Waals surface area (Å²) < 4.78 is 31.4. The van der Waals surface area contributed by atoms with Crippen LogP contribution in [0.2, 0.25) is 0 Å². The number of ether oxygens (including phenoxy) is 1. The molecule has 0 bridgehead atoms. The van der Waals surface area contributed by atoms with Crippen molar-refractivity contribution in [1.82, 2.24) is 9.03 Å². The van der Waals surface area contributed by atoms with E-state index in [1.54, 1.807) is 6.92 Å². The second kappa shape index (κ2) is 4.34. The van der Waals surface area contributed by atoms with E-state index in [0.29, 0.717) is 13.0 Å². The van der Waals surface area contributed by atoms with Crippen LogP contribution in [0.25, 0.3) is 0 Å². The minimum atomic E-state index is -3.48. The lowest BCUT2D eigenvalue weighted by Crippen LogP contribution is -2.49. The van der Waals surface area contributed by atoms with Crippen LogP contribution in [0.5, 0.6) is 0 Å². The molecule has 0 aromatic heterocycles. The molecule has 2 unspecified atom stereocenters. The van der Waals surface area contributed by atoms with Crippen molar-refractivity contribution >= 4 is 10.2 Å². The number of nitrogens with zero attached hydrogens (tertiary/aromatic N) is 1. The summed E-state index contributed by atoms with van der Waals surface area (Å²) >= 11 is 0. The van der Waals surface area contributed by atoms with Crippen molar-refractivity contribution in [2.24, 2.45) is 0 Å². The molecule has 1 saturated heterocycles. The quantitative estimate of drug-likeness (QED) is 0.653. The van der Waals surface area contributed by atoms with Crippen molar-refractivity contribution in [3.8, 4) is 0 Å². The molecule has 0 saturated carbocycles. The maximum Gasteiger partial charge on any atom is 0.279 e. The van der Waals surface area contributed by atoms with Gasteiger partial charge in [0.2, 0.25) is 0 Å². The van der Waals surface area contributed by atoms with E-state index in [4.69, 9.17) is 4.74 Å². The van der Waals surface area contributed by atoms with Crippen LogP contribution in [0.15, 0.2) is 0 Å². The lowest BCUT2D eigenvalue weighted by atomic mass is 9.97. The molecule has 0 aromatic carbocycles. The molecule has 90 valence electrons. The fourth-order valence-electron chi connectivity index (χ4n) is 1.35. The summed E-state index contributed by atoms with van der Waals surface area (Å²) in [4.78, 5) is 0.